The first kappa shape index (κ1) is 20.3. The van der Waals surface area contributed by atoms with Crippen LogP contribution in [0.3, 0.4) is 0 Å². The second kappa shape index (κ2) is 9.64. The first-order valence-electron chi connectivity index (χ1n) is 9.55. The fraction of sp³-hybridized carbons (Fsp3) is 0.450. The average molecular weight is 402 g/mol. The Morgan fingerprint density at radius 2 is 2.11 bits per heavy atom. The van der Waals surface area contributed by atoms with Crippen LogP contribution < -0.4 is 15.9 Å². The lowest BCUT2D eigenvalue weighted by atomic mass is 9.97. The van der Waals surface area contributed by atoms with E-state index in [0.717, 1.165) is 30.6 Å². The van der Waals surface area contributed by atoms with E-state index in [1.54, 1.807) is 7.11 Å². The molecule has 2 aromatic rings. The van der Waals surface area contributed by atoms with Crippen molar-refractivity contribution < 1.29 is 9.53 Å². The van der Waals surface area contributed by atoms with Gasteiger partial charge in [0.1, 0.15) is 5.75 Å². The second-order valence-corrected chi connectivity index (χ2v) is 8.12. The summed E-state index contributed by atoms with van der Waals surface area (Å²) in [5, 5.41) is 11.5. The maximum atomic E-state index is 12.4. The lowest BCUT2D eigenvalue weighted by molar-refractivity contribution is -0.120. The van der Waals surface area contributed by atoms with Crippen LogP contribution in [0.4, 0.5) is 0 Å². The van der Waals surface area contributed by atoms with Crippen molar-refractivity contribution in [2.45, 2.75) is 49.4 Å². The van der Waals surface area contributed by atoms with Crippen LogP contribution in [0.2, 0.25) is 0 Å². The van der Waals surface area contributed by atoms with Gasteiger partial charge in [0, 0.05) is 12.1 Å². The molecule has 150 valence electrons. The number of carbonyl (C=O) groups excluding carboxylic acids is 1. The molecule has 1 aromatic heterocycles. The normalized spacial score (nSPS) is 15.0. The number of aromatic nitrogens is 3. The molecule has 0 saturated heterocycles. The van der Waals surface area contributed by atoms with Gasteiger partial charge in [0.2, 0.25) is 11.1 Å². The van der Waals surface area contributed by atoms with Crippen molar-refractivity contribution in [1.82, 2.24) is 20.2 Å². The number of hydrogen-bond acceptors (Lipinski definition) is 6. The van der Waals surface area contributed by atoms with E-state index >= 15 is 0 Å². The Hall–Kier alpha value is -2.48. The first-order valence-corrected chi connectivity index (χ1v) is 10.4. The summed E-state index contributed by atoms with van der Waals surface area (Å²) < 4.78 is 6.58. The Labute approximate surface area is 169 Å². The number of rotatable bonds is 8. The number of ether oxygens (including phenoxy) is 1. The molecule has 0 unspecified atom stereocenters. The minimum absolute atomic E-state index is 0.0181. The standard InChI is InChI=1S/C20H27N5O2S/c1-14(19(26)22-13-12-15-6-4-3-5-7-15)28-20-24-23-18(25(20)21)16-8-10-17(27-2)11-9-16/h6,8-11,14H,3-5,7,12-13,21H2,1-2H3,(H,22,26)/t14-/m0/s1. The molecule has 1 aliphatic carbocycles. The zero-order valence-electron chi connectivity index (χ0n) is 16.4. The monoisotopic (exact) mass is 401 g/mol. The summed E-state index contributed by atoms with van der Waals surface area (Å²) in [7, 11) is 1.62. The van der Waals surface area contributed by atoms with Gasteiger partial charge in [-0.1, -0.05) is 23.4 Å². The summed E-state index contributed by atoms with van der Waals surface area (Å²) in [6.45, 7) is 2.52. The number of nitrogen functional groups attached to an aromatic ring is 1. The number of benzene rings is 1. The van der Waals surface area contributed by atoms with Crippen molar-refractivity contribution in [3.63, 3.8) is 0 Å². The van der Waals surface area contributed by atoms with Gasteiger partial charge in [-0.15, -0.1) is 10.2 Å². The number of hydrogen-bond donors (Lipinski definition) is 2. The summed E-state index contributed by atoms with van der Waals surface area (Å²) in [4.78, 5) is 12.4. The van der Waals surface area contributed by atoms with Gasteiger partial charge in [-0.25, -0.2) is 4.68 Å². The largest absolute Gasteiger partial charge is 0.497 e. The van der Waals surface area contributed by atoms with Crippen LogP contribution in [0.15, 0.2) is 41.1 Å². The molecule has 3 rings (SSSR count). The van der Waals surface area contributed by atoms with Crippen LogP contribution >= 0.6 is 11.8 Å². The maximum Gasteiger partial charge on any atom is 0.233 e. The molecule has 0 aliphatic heterocycles. The van der Waals surface area contributed by atoms with Gasteiger partial charge in [0.05, 0.1) is 12.4 Å². The van der Waals surface area contributed by atoms with E-state index in [-0.39, 0.29) is 11.2 Å². The summed E-state index contributed by atoms with van der Waals surface area (Å²) in [5.41, 5.74) is 2.29. The highest BCUT2D eigenvalue weighted by atomic mass is 32.2. The van der Waals surface area contributed by atoms with Crippen LogP contribution in [0.5, 0.6) is 5.75 Å². The fourth-order valence-electron chi connectivity index (χ4n) is 3.13. The van der Waals surface area contributed by atoms with E-state index in [2.05, 4.69) is 21.6 Å². The van der Waals surface area contributed by atoms with Gasteiger partial charge in [-0.05, 0) is 63.3 Å². The van der Waals surface area contributed by atoms with Crippen molar-refractivity contribution in [3.8, 4) is 17.1 Å². The summed E-state index contributed by atoms with van der Waals surface area (Å²) in [5.74, 6) is 7.44. The SMILES string of the molecule is COc1ccc(-c2nnc(S[C@@H](C)C(=O)NCCC3=CCCCC3)n2N)cc1. The summed E-state index contributed by atoms with van der Waals surface area (Å²) in [6, 6.07) is 7.43. The minimum atomic E-state index is -0.310. The van der Waals surface area contributed by atoms with E-state index in [9.17, 15) is 4.79 Å². The van der Waals surface area contributed by atoms with E-state index in [0.29, 0.717) is 17.5 Å². The Morgan fingerprint density at radius 3 is 2.79 bits per heavy atom. The van der Waals surface area contributed by atoms with Crippen molar-refractivity contribution in [2.24, 2.45) is 0 Å². The van der Waals surface area contributed by atoms with Crippen LogP contribution in [-0.4, -0.2) is 39.7 Å². The van der Waals surface area contributed by atoms with E-state index in [1.807, 2.05) is 31.2 Å². The fourth-order valence-corrected chi connectivity index (χ4v) is 3.92. The molecule has 1 aromatic carbocycles. The molecule has 0 saturated carbocycles. The topological polar surface area (TPSA) is 95.1 Å². The van der Waals surface area contributed by atoms with E-state index < -0.39 is 0 Å². The Kier molecular flexibility index (Phi) is 6.97. The molecule has 0 fully saturated rings. The van der Waals surface area contributed by atoms with Crippen molar-refractivity contribution in [1.29, 1.82) is 0 Å². The van der Waals surface area contributed by atoms with Gasteiger partial charge in [0.15, 0.2) is 5.82 Å². The minimum Gasteiger partial charge on any atom is -0.497 e. The molecule has 1 atom stereocenters. The Balaban J connectivity index is 1.54. The van der Waals surface area contributed by atoms with E-state index in [4.69, 9.17) is 10.6 Å². The molecule has 1 heterocycles. The quantitative estimate of drug-likeness (QED) is 0.401. The van der Waals surface area contributed by atoms with Gasteiger partial charge in [-0.2, -0.15) is 0 Å². The number of carbonyl (C=O) groups is 1. The molecular formula is C20H27N5O2S. The molecular weight excluding hydrogens is 374 g/mol. The molecule has 8 heteroatoms. The lowest BCUT2D eigenvalue weighted by Crippen LogP contribution is -2.32. The Bertz CT molecular complexity index is 832. The molecule has 0 radical (unpaired) electrons. The number of allylic oxidation sites excluding steroid dienone is 1. The molecule has 0 spiro atoms. The molecule has 7 nitrogen and oxygen atoms in total. The number of amides is 1. The highest BCUT2D eigenvalue weighted by molar-refractivity contribution is 8.00. The van der Waals surface area contributed by atoms with Gasteiger partial charge >= 0.3 is 0 Å². The van der Waals surface area contributed by atoms with Crippen molar-refractivity contribution in [2.75, 3.05) is 19.5 Å². The highest BCUT2D eigenvalue weighted by Gasteiger charge is 2.20. The molecule has 0 bridgehead atoms. The number of thioether (sulfide) groups is 1. The smallest absolute Gasteiger partial charge is 0.233 e. The summed E-state index contributed by atoms with van der Waals surface area (Å²) >= 11 is 1.30. The first-order chi connectivity index (χ1) is 13.6. The molecule has 1 aliphatic rings. The van der Waals surface area contributed by atoms with Gasteiger partial charge in [-0.3, -0.25) is 4.79 Å². The summed E-state index contributed by atoms with van der Waals surface area (Å²) in [6.07, 6.45) is 8.10. The predicted molar refractivity (Wildman–Crippen MR) is 112 cm³/mol. The predicted octanol–water partition coefficient (Wildman–Crippen LogP) is 3.15. The van der Waals surface area contributed by atoms with Crippen LogP contribution in [0.1, 0.15) is 39.0 Å². The number of nitrogens with one attached hydrogen (secondary N) is 1. The van der Waals surface area contributed by atoms with Crippen LogP contribution in [0, 0.1) is 0 Å². The van der Waals surface area contributed by atoms with Crippen molar-refractivity contribution in [3.05, 3.63) is 35.9 Å². The molecule has 28 heavy (non-hydrogen) atoms. The third-order valence-electron chi connectivity index (χ3n) is 4.79. The zero-order valence-corrected chi connectivity index (χ0v) is 17.2. The van der Waals surface area contributed by atoms with E-state index in [1.165, 1.54) is 34.9 Å². The second-order valence-electron chi connectivity index (χ2n) is 6.81. The number of methoxy groups -OCH3 is 1. The number of nitrogens with two attached hydrogens (primary N) is 1. The van der Waals surface area contributed by atoms with Crippen molar-refractivity contribution >= 4 is 17.7 Å². The number of nitrogens with zero attached hydrogens (tertiary/aromatic N) is 3. The maximum absolute atomic E-state index is 12.4. The van der Waals surface area contributed by atoms with Gasteiger partial charge < -0.3 is 15.9 Å². The Morgan fingerprint density at radius 1 is 1.32 bits per heavy atom. The zero-order chi connectivity index (χ0) is 19.9. The molecule has 1 amide bonds. The van der Waals surface area contributed by atoms with Crippen LogP contribution in [0.25, 0.3) is 11.4 Å². The average Bonchev–Trinajstić information content (AvgIpc) is 3.09. The molecule has 3 N–H and O–H groups in total. The van der Waals surface area contributed by atoms with Gasteiger partial charge in [0.25, 0.3) is 0 Å². The third-order valence-corrected chi connectivity index (χ3v) is 5.85. The highest BCUT2D eigenvalue weighted by Crippen LogP contribution is 2.26. The lowest BCUT2D eigenvalue weighted by Gasteiger charge is -2.14. The third kappa shape index (κ3) is 5.07. The van der Waals surface area contributed by atoms with Crippen LogP contribution in [-0.2, 0) is 4.79 Å².